The van der Waals surface area contributed by atoms with Crippen molar-refractivity contribution in [2.45, 2.75) is 44.4 Å². The predicted octanol–water partition coefficient (Wildman–Crippen LogP) is 1.74. The first-order valence-electron chi connectivity index (χ1n) is 10.4. The molecule has 1 aromatic rings. The number of hydrogen-bond donors (Lipinski definition) is 0. The summed E-state index contributed by atoms with van der Waals surface area (Å²) in [5.74, 6) is -0.347. The molecule has 0 spiro atoms. The molecular formula is C21H29N3O4S. The van der Waals surface area contributed by atoms with E-state index in [0.717, 1.165) is 36.8 Å². The SMILES string of the molecule is Cc1ccc(S(=O)(=O)N2CCN(CN3C(=O)[C@H]4CCCC[C@@H]4C3=O)CC2)c(C)c1. The zero-order valence-electron chi connectivity index (χ0n) is 17.1. The van der Waals surface area contributed by atoms with Gasteiger partial charge in [-0.3, -0.25) is 19.4 Å². The Bertz CT molecular complexity index is 898. The number of amides is 2. The van der Waals surface area contributed by atoms with Gasteiger partial charge in [0.25, 0.3) is 0 Å². The van der Waals surface area contributed by atoms with Crippen LogP contribution in [0.25, 0.3) is 0 Å². The minimum absolute atomic E-state index is 0.0370. The quantitative estimate of drug-likeness (QED) is 0.695. The van der Waals surface area contributed by atoms with E-state index in [-0.39, 0.29) is 30.3 Å². The van der Waals surface area contributed by atoms with Crippen LogP contribution in [-0.4, -0.2) is 67.2 Å². The molecule has 7 nitrogen and oxygen atoms in total. The fraction of sp³-hybridized carbons (Fsp3) is 0.619. The molecule has 29 heavy (non-hydrogen) atoms. The summed E-state index contributed by atoms with van der Waals surface area (Å²) in [5.41, 5.74) is 1.79. The standard InChI is InChI=1S/C21H29N3O4S/c1-15-7-8-19(16(2)13-15)29(27,28)23-11-9-22(10-12-23)14-24-20(25)17-5-3-4-6-18(17)21(24)26/h7-8,13,17-18H,3-6,9-12,14H2,1-2H3/t17-,18-/m0/s1. The van der Waals surface area contributed by atoms with E-state index in [2.05, 4.69) is 0 Å². The van der Waals surface area contributed by atoms with Gasteiger partial charge in [-0.05, 0) is 38.3 Å². The van der Waals surface area contributed by atoms with Crippen molar-refractivity contribution in [3.63, 3.8) is 0 Å². The van der Waals surface area contributed by atoms with Gasteiger partial charge >= 0.3 is 0 Å². The monoisotopic (exact) mass is 419 g/mol. The molecule has 2 saturated heterocycles. The molecule has 0 unspecified atom stereocenters. The van der Waals surface area contributed by atoms with Crippen LogP contribution >= 0.6 is 0 Å². The number of nitrogens with zero attached hydrogens (tertiary/aromatic N) is 3. The highest BCUT2D eigenvalue weighted by molar-refractivity contribution is 7.89. The third kappa shape index (κ3) is 3.73. The summed E-state index contributed by atoms with van der Waals surface area (Å²) < 4.78 is 27.6. The van der Waals surface area contributed by atoms with Crippen molar-refractivity contribution in [3.05, 3.63) is 29.3 Å². The van der Waals surface area contributed by atoms with E-state index in [0.29, 0.717) is 31.1 Å². The fourth-order valence-corrected chi connectivity index (χ4v) is 6.54. The second-order valence-corrected chi connectivity index (χ2v) is 10.4. The van der Waals surface area contributed by atoms with Crippen molar-refractivity contribution in [1.29, 1.82) is 0 Å². The minimum Gasteiger partial charge on any atom is -0.283 e. The number of likely N-dealkylation sites (tertiary alicyclic amines) is 1. The van der Waals surface area contributed by atoms with E-state index in [4.69, 9.17) is 0 Å². The molecule has 0 radical (unpaired) electrons. The van der Waals surface area contributed by atoms with Gasteiger partial charge in [0.2, 0.25) is 21.8 Å². The second kappa shape index (κ2) is 7.81. The van der Waals surface area contributed by atoms with Gasteiger partial charge in [-0.15, -0.1) is 0 Å². The van der Waals surface area contributed by atoms with Crippen LogP contribution < -0.4 is 0 Å². The molecule has 4 rings (SSSR count). The van der Waals surface area contributed by atoms with Crippen LogP contribution in [0.3, 0.4) is 0 Å². The van der Waals surface area contributed by atoms with Crippen molar-refractivity contribution in [1.82, 2.24) is 14.1 Å². The van der Waals surface area contributed by atoms with Crippen LogP contribution in [0.2, 0.25) is 0 Å². The number of hydrogen-bond acceptors (Lipinski definition) is 5. The van der Waals surface area contributed by atoms with Gasteiger partial charge in [0, 0.05) is 26.2 Å². The molecule has 0 bridgehead atoms. The third-order valence-electron chi connectivity index (χ3n) is 6.55. The van der Waals surface area contributed by atoms with Gasteiger partial charge in [-0.2, -0.15) is 4.31 Å². The Kier molecular flexibility index (Phi) is 5.52. The lowest BCUT2D eigenvalue weighted by Crippen LogP contribution is -2.52. The first-order valence-corrected chi connectivity index (χ1v) is 11.9. The molecule has 3 fully saturated rings. The number of imide groups is 1. The van der Waals surface area contributed by atoms with E-state index in [9.17, 15) is 18.0 Å². The van der Waals surface area contributed by atoms with Gasteiger partial charge in [0.15, 0.2) is 0 Å². The Morgan fingerprint density at radius 3 is 2.07 bits per heavy atom. The Morgan fingerprint density at radius 2 is 1.52 bits per heavy atom. The average molecular weight is 420 g/mol. The lowest BCUT2D eigenvalue weighted by atomic mass is 9.81. The highest BCUT2D eigenvalue weighted by Crippen LogP contribution is 2.38. The molecule has 158 valence electrons. The minimum atomic E-state index is -3.54. The first kappa shape index (κ1) is 20.5. The molecule has 1 aromatic carbocycles. The maximum atomic E-state index is 13.0. The molecule has 3 aliphatic rings. The summed E-state index contributed by atoms with van der Waals surface area (Å²) >= 11 is 0. The molecule has 0 aromatic heterocycles. The highest BCUT2D eigenvalue weighted by atomic mass is 32.2. The third-order valence-corrected chi connectivity index (χ3v) is 8.61. The smallest absolute Gasteiger partial charge is 0.243 e. The molecule has 1 saturated carbocycles. The van der Waals surface area contributed by atoms with Crippen molar-refractivity contribution >= 4 is 21.8 Å². The van der Waals surface area contributed by atoms with Crippen molar-refractivity contribution in [3.8, 4) is 0 Å². The maximum absolute atomic E-state index is 13.0. The zero-order chi connectivity index (χ0) is 20.8. The molecule has 2 atom stereocenters. The summed E-state index contributed by atoms with van der Waals surface area (Å²) in [5, 5.41) is 0. The maximum Gasteiger partial charge on any atom is 0.243 e. The number of benzene rings is 1. The number of carbonyl (C=O) groups excluding carboxylic acids is 2. The second-order valence-electron chi connectivity index (χ2n) is 8.53. The number of aryl methyl sites for hydroxylation is 2. The highest BCUT2D eigenvalue weighted by Gasteiger charge is 2.48. The first-order chi connectivity index (χ1) is 13.8. The van der Waals surface area contributed by atoms with Crippen LogP contribution in [0.15, 0.2) is 23.1 Å². The topological polar surface area (TPSA) is 78.0 Å². The van der Waals surface area contributed by atoms with E-state index in [1.807, 2.05) is 30.9 Å². The molecule has 2 aliphatic heterocycles. The van der Waals surface area contributed by atoms with E-state index in [1.165, 1.54) is 9.21 Å². The van der Waals surface area contributed by atoms with Gasteiger partial charge in [-0.25, -0.2) is 8.42 Å². The number of rotatable bonds is 4. The molecule has 8 heteroatoms. The zero-order valence-corrected chi connectivity index (χ0v) is 18.0. The van der Waals surface area contributed by atoms with Gasteiger partial charge in [0.1, 0.15) is 0 Å². The average Bonchev–Trinajstić information content (AvgIpc) is 2.93. The van der Waals surface area contributed by atoms with Crippen LogP contribution in [0.4, 0.5) is 0 Å². The summed E-state index contributed by atoms with van der Waals surface area (Å²) in [6.07, 6.45) is 3.66. The summed E-state index contributed by atoms with van der Waals surface area (Å²) in [4.78, 5) is 29.1. The van der Waals surface area contributed by atoms with Gasteiger partial charge in [0.05, 0.1) is 23.4 Å². The van der Waals surface area contributed by atoms with E-state index >= 15 is 0 Å². The van der Waals surface area contributed by atoms with E-state index < -0.39 is 10.0 Å². The Hall–Kier alpha value is -1.77. The molecule has 0 N–H and O–H groups in total. The van der Waals surface area contributed by atoms with Crippen LogP contribution in [0, 0.1) is 25.7 Å². The Labute approximate surface area is 172 Å². The summed E-state index contributed by atoms with van der Waals surface area (Å²) in [6.45, 7) is 5.78. The largest absolute Gasteiger partial charge is 0.283 e. The Balaban J connectivity index is 1.39. The number of sulfonamides is 1. The normalized spacial score (nSPS) is 26.8. The van der Waals surface area contributed by atoms with Crippen molar-refractivity contribution in [2.75, 3.05) is 32.8 Å². The van der Waals surface area contributed by atoms with Crippen molar-refractivity contribution < 1.29 is 18.0 Å². The van der Waals surface area contributed by atoms with Crippen LogP contribution in [-0.2, 0) is 19.6 Å². The molecule has 2 heterocycles. The fourth-order valence-electron chi connectivity index (χ4n) is 4.91. The van der Waals surface area contributed by atoms with E-state index in [1.54, 1.807) is 6.07 Å². The van der Waals surface area contributed by atoms with Gasteiger partial charge < -0.3 is 0 Å². The number of carbonyl (C=O) groups is 2. The molecule has 2 amide bonds. The summed E-state index contributed by atoms with van der Waals surface area (Å²) in [6, 6.07) is 5.38. The van der Waals surface area contributed by atoms with Gasteiger partial charge in [-0.1, -0.05) is 30.5 Å². The predicted molar refractivity (Wildman–Crippen MR) is 108 cm³/mol. The summed E-state index contributed by atoms with van der Waals surface area (Å²) in [7, 11) is -3.54. The number of fused-ring (bicyclic) bond motifs is 1. The lowest BCUT2D eigenvalue weighted by Gasteiger charge is -2.35. The molecular weight excluding hydrogens is 390 g/mol. The molecule has 1 aliphatic carbocycles. The van der Waals surface area contributed by atoms with Crippen LogP contribution in [0.1, 0.15) is 36.8 Å². The van der Waals surface area contributed by atoms with Crippen LogP contribution in [0.5, 0.6) is 0 Å². The lowest BCUT2D eigenvalue weighted by molar-refractivity contribution is -0.142. The number of piperazine rings is 1. The van der Waals surface area contributed by atoms with Crippen molar-refractivity contribution in [2.24, 2.45) is 11.8 Å². The Morgan fingerprint density at radius 1 is 0.931 bits per heavy atom.